The molecule has 1 atom stereocenters. The topological polar surface area (TPSA) is 36.4 Å². The first-order valence-corrected chi connectivity index (χ1v) is 8.90. The second-order valence-corrected chi connectivity index (χ2v) is 7.19. The average Bonchev–Trinajstić information content (AvgIpc) is 2.98. The predicted octanol–water partition coefficient (Wildman–Crippen LogP) is 3.71. The van der Waals surface area contributed by atoms with Crippen LogP contribution in [0.5, 0.6) is 0 Å². The number of nitrogens with zero attached hydrogens (tertiary/aromatic N) is 2. The van der Waals surface area contributed by atoms with E-state index in [1.807, 2.05) is 23.5 Å². The number of benzene rings is 1. The fourth-order valence-corrected chi connectivity index (χ4v) is 4.42. The van der Waals surface area contributed by atoms with Crippen LogP contribution in [0, 0.1) is 0 Å². The highest BCUT2D eigenvalue weighted by Crippen LogP contribution is 2.38. The lowest BCUT2D eigenvalue weighted by Gasteiger charge is -2.30. The van der Waals surface area contributed by atoms with E-state index in [2.05, 4.69) is 31.0 Å². The minimum atomic E-state index is 0.114. The third-order valence-electron chi connectivity index (χ3n) is 4.44. The van der Waals surface area contributed by atoms with Crippen molar-refractivity contribution in [2.75, 3.05) is 7.05 Å². The summed E-state index contributed by atoms with van der Waals surface area (Å²) in [7, 11) is 2.21. The first kappa shape index (κ1) is 15.7. The van der Waals surface area contributed by atoms with Crippen molar-refractivity contribution in [2.24, 2.45) is 0 Å². The van der Waals surface area contributed by atoms with Crippen LogP contribution in [0.25, 0.3) is 0 Å². The number of rotatable bonds is 5. The maximum absolute atomic E-state index is 9.13. The molecule has 0 bridgehead atoms. The van der Waals surface area contributed by atoms with Gasteiger partial charge in [-0.05, 0) is 43.9 Å². The van der Waals surface area contributed by atoms with Gasteiger partial charge < -0.3 is 5.11 Å². The minimum Gasteiger partial charge on any atom is -0.392 e. The van der Waals surface area contributed by atoms with Crippen molar-refractivity contribution in [2.45, 2.75) is 51.8 Å². The molecular weight excluding hydrogens is 292 g/mol. The van der Waals surface area contributed by atoms with Crippen LogP contribution in [0.15, 0.2) is 24.3 Å². The van der Waals surface area contributed by atoms with Crippen molar-refractivity contribution in [3.63, 3.8) is 0 Å². The van der Waals surface area contributed by atoms with Crippen molar-refractivity contribution in [1.82, 2.24) is 9.88 Å². The Hall–Kier alpha value is -1.23. The Bertz CT molecular complexity index is 621. The van der Waals surface area contributed by atoms with E-state index >= 15 is 0 Å². The van der Waals surface area contributed by atoms with E-state index in [0.29, 0.717) is 6.04 Å². The van der Waals surface area contributed by atoms with Crippen LogP contribution < -0.4 is 0 Å². The Labute approximate surface area is 136 Å². The molecule has 2 aromatic rings. The number of fused-ring (bicyclic) bond motifs is 1. The van der Waals surface area contributed by atoms with Gasteiger partial charge in [-0.25, -0.2) is 4.98 Å². The predicted molar refractivity (Wildman–Crippen MR) is 91.0 cm³/mol. The molecule has 3 nitrogen and oxygen atoms in total. The SMILES string of the molecule is CCc1nc2c(s1)C(N(C)Cc1ccc(CO)cc1)CCC2. The fourth-order valence-electron chi connectivity index (χ4n) is 3.17. The maximum atomic E-state index is 9.13. The Kier molecular flexibility index (Phi) is 4.91. The van der Waals surface area contributed by atoms with Gasteiger partial charge in [-0.15, -0.1) is 11.3 Å². The lowest BCUT2D eigenvalue weighted by atomic mass is 9.96. The molecule has 118 valence electrons. The van der Waals surface area contributed by atoms with Gasteiger partial charge in [0.05, 0.1) is 17.3 Å². The van der Waals surface area contributed by atoms with Crippen LogP contribution in [-0.4, -0.2) is 22.0 Å². The van der Waals surface area contributed by atoms with Gasteiger partial charge in [0.2, 0.25) is 0 Å². The molecule has 0 spiro atoms. The van der Waals surface area contributed by atoms with Gasteiger partial charge in [0, 0.05) is 17.5 Å². The van der Waals surface area contributed by atoms with E-state index in [1.54, 1.807) is 0 Å². The quantitative estimate of drug-likeness (QED) is 0.913. The van der Waals surface area contributed by atoms with Crippen molar-refractivity contribution in [3.8, 4) is 0 Å². The minimum absolute atomic E-state index is 0.114. The van der Waals surface area contributed by atoms with E-state index in [4.69, 9.17) is 10.1 Å². The third-order valence-corrected chi connectivity index (χ3v) is 5.78. The second-order valence-electron chi connectivity index (χ2n) is 6.07. The summed E-state index contributed by atoms with van der Waals surface area (Å²) in [5, 5.41) is 10.4. The van der Waals surface area contributed by atoms with Gasteiger partial charge in [0.25, 0.3) is 0 Å². The number of aliphatic hydroxyl groups excluding tert-OH is 1. The molecule has 0 aliphatic heterocycles. The normalized spacial score (nSPS) is 17.7. The lowest BCUT2D eigenvalue weighted by Crippen LogP contribution is -2.26. The van der Waals surface area contributed by atoms with Crippen LogP contribution in [0.4, 0.5) is 0 Å². The summed E-state index contributed by atoms with van der Waals surface area (Å²) in [5.74, 6) is 0. The number of hydrogen-bond donors (Lipinski definition) is 1. The number of aliphatic hydroxyl groups is 1. The highest BCUT2D eigenvalue weighted by atomic mass is 32.1. The highest BCUT2D eigenvalue weighted by molar-refractivity contribution is 7.11. The van der Waals surface area contributed by atoms with Gasteiger partial charge in [-0.2, -0.15) is 0 Å². The van der Waals surface area contributed by atoms with Crippen LogP contribution in [0.1, 0.15) is 52.5 Å². The van der Waals surface area contributed by atoms with Gasteiger partial charge in [-0.3, -0.25) is 4.90 Å². The van der Waals surface area contributed by atoms with Crippen LogP contribution in [-0.2, 0) is 26.0 Å². The number of aromatic nitrogens is 1. The first-order valence-electron chi connectivity index (χ1n) is 8.08. The van der Waals surface area contributed by atoms with Crippen LogP contribution in [0.2, 0.25) is 0 Å². The van der Waals surface area contributed by atoms with Crippen molar-refractivity contribution >= 4 is 11.3 Å². The monoisotopic (exact) mass is 316 g/mol. The molecule has 0 saturated carbocycles. The van der Waals surface area contributed by atoms with Crippen molar-refractivity contribution in [3.05, 3.63) is 51.0 Å². The summed E-state index contributed by atoms with van der Waals surface area (Å²) < 4.78 is 0. The highest BCUT2D eigenvalue weighted by Gasteiger charge is 2.27. The van der Waals surface area contributed by atoms with Gasteiger partial charge in [0.15, 0.2) is 0 Å². The molecule has 1 N–H and O–H groups in total. The number of aryl methyl sites for hydroxylation is 2. The zero-order valence-corrected chi connectivity index (χ0v) is 14.2. The number of thiazole rings is 1. The molecule has 0 amide bonds. The third kappa shape index (κ3) is 3.24. The molecule has 3 rings (SSSR count). The molecule has 1 aliphatic rings. The molecule has 1 aliphatic carbocycles. The Morgan fingerprint density at radius 2 is 2.00 bits per heavy atom. The summed E-state index contributed by atoms with van der Waals surface area (Å²) in [6, 6.07) is 8.76. The zero-order valence-electron chi connectivity index (χ0n) is 13.4. The van der Waals surface area contributed by atoms with Gasteiger partial charge >= 0.3 is 0 Å². The maximum Gasteiger partial charge on any atom is 0.0928 e. The Morgan fingerprint density at radius 1 is 1.27 bits per heavy atom. The van der Waals surface area contributed by atoms with E-state index < -0.39 is 0 Å². The van der Waals surface area contributed by atoms with Crippen LogP contribution in [0.3, 0.4) is 0 Å². The fraction of sp³-hybridized carbons (Fsp3) is 0.500. The Morgan fingerprint density at radius 3 is 2.68 bits per heavy atom. The molecule has 1 aromatic carbocycles. The molecule has 0 radical (unpaired) electrons. The summed E-state index contributed by atoms with van der Waals surface area (Å²) >= 11 is 1.90. The Balaban J connectivity index is 1.75. The molecule has 4 heteroatoms. The summed E-state index contributed by atoms with van der Waals surface area (Å²) in [4.78, 5) is 8.73. The van der Waals surface area contributed by atoms with Gasteiger partial charge in [-0.1, -0.05) is 31.2 Å². The molecule has 1 aromatic heterocycles. The van der Waals surface area contributed by atoms with E-state index in [9.17, 15) is 0 Å². The smallest absolute Gasteiger partial charge is 0.0928 e. The van der Waals surface area contributed by atoms with Crippen LogP contribution >= 0.6 is 11.3 Å². The van der Waals surface area contributed by atoms with E-state index in [0.717, 1.165) is 24.9 Å². The van der Waals surface area contributed by atoms with Crippen molar-refractivity contribution in [1.29, 1.82) is 0 Å². The summed E-state index contributed by atoms with van der Waals surface area (Å²) in [6.45, 7) is 3.24. The molecule has 0 fully saturated rings. The second kappa shape index (κ2) is 6.90. The summed E-state index contributed by atoms with van der Waals surface area (Å²) in [5.41, 5.74) is 3.61. The largest absolute Gasteiger partial charge is 0.392 e. The van der Waals surface area contributed by atoms with Crippen molar-refractivity contribution < 1.29 is 5.11 Å². The molecule has 0 saturated heterocycles. The summed E-state index contributed by atoms with van der Waals surface area (Å²) in [6.07, 6.45) is 4.64. The average molecular weight is 316 g/mol. The molecule has 1 heterocycles. The first-order chi connectivity index (χ1) is 10.7. The molecule has 1 unspecified atom stereocenters. The van der Waals surface area contributed by atoms with E-state index in [-0.39, 0.29) is 6.61 Å². The standard InChI is InChI=1S/C18H24N2OS/c1-3-17-19-15-5-4-6-16(18(15)22-17)20(2)11-13-7-9-14(12-21)10-8-13/h7-10,16,21H,3-6,11-12H2,1-2H3. The van der Waals surface area contributed by atoms with Gasteiger partial charge in [0.1, 0.15) is 0 Å². The number of hydrogen-bond acceptors (Lipinski definition) is 4. The van der Waals surface area contributed by atoms with E-state index in [1.165, 1.54) is 34.0 Å². The molecule has 22 heavy (non-hydrogen) atoms. The molecular formula is C18H24N2OS. The lowest BCUT2D eigenvalue weighted by molar-refractivity contribution is 0.216. The zero-order chi connectivity index (χ0) is 15.5.